The first-order chi connectivity index (χ1) is 13.1. The highest BCUT2D eigenvalue weighted by Gasteiger charge is 2.29. The summed E-state index contributed by atoms with van der Waals surface area (Å²) < 4.78 is 18.7. The number of aryl methyl sites for hydroxylation is 1. The van der Waals surface area contributed by atoms with Gasteiger partial charge in [-0.1, -0.05) is 30.3 Å². The summed E-state index contributed by atoms with van der Waals surface area (Å²) in [5.74, 6) is 0.506. The van der Waals surface area contributed by atoms with Crippen LogP contribution in [0.1, 0.15) is 16.8 Å². The van der Waals surface area contributed by atoms with Crippen molar-refractivity contribution >= 4 is 11.6 Å². The predicted octanol–water partition coefficient (Wildman–Crippen LogP) is 4.29. The fourth-order valence-electron chi connectivity index (χ4n) is 3.47. The lowest BCUT2D eigenvalue weighted by atomic mass is 10.0. The molecule has 1 aromatic heterocycles. The molecular weight excluding hydrogens is 343 g/mol. The summed E-state index contributed by atoms with van der Waals surface area (Å²) >= 11 is 0. The second-order valence-electron chi connectivity index (χ2n) is 6.63. The lowest BCUT2D eigenvalue weighted by Gasteiger charge is -2.18. The Morgan fingerprint density at radius 2 is 1.96 bits per heavy atom. The number of anilines is 1. The van der Waals surface area contributed by atoms with Gasteiger partial charge in [-0.3, -0.25) is 9.78 Å². The summed E-state index contributed by atoms with van der Waals surface area (Å²) in [6.45, 7) is 2.38. The van der Waals surface area contributed by atoms with Crippen LogP contribution >= 0.6 is 0 Å². The number of pyridine rings is 1. The molecule has 2 aromatic carbocycles. The number of hydrogen-bond donors (Lipinski definition) is 0. The Hall–Kier alpha value is -3.21. The second kappa shape index (κ2) is 6.83. The number of aromatic nitrogens is 1. The summed E-state index contributed by atoms with van der Waals surface area (Å²) in [5.41, 5.74) is 5.30. The summed E-state index contributed by atoms with van der Waals surface area (Å²) in [7, 11) is 1.65. The lowest BCUT2D eigenvalue weighted by Crippen LogP contribution is -2.26. The minimum absolute atomic E-state index is 0.00446. The van der Waals surface area contributed by atoms with Crippen LogP contribution in [0.25, 0.3) is 11.1 Å². The third-order valence-corrected chi connectivity index (χ3v) is 4.84. The average molecular weight is 362 g/mol. The van der Waals surface area contributed by atoms with Crippen molar-refractivity contribution in [1.82, 2.24) is 4.98 Å². The largest absolute Gasteiger partial charge is 0.496 e. The summed E-state index contributed by atoms with van der Waals surface area (Å²) in [6, 6.07) is 14.1. The van der Waals surface area contributed by atoms with E-state index in [1.165, 1.54) is 12.1 Å². The Kier molecular flexibility index (Phi) is 4.36. The molecule has 0 bridgehead atoms. The first-order valence-corrected chi connectivity index (χ1v) is 8.74. The molecule has 3 aromatic rings. The minimum Gasteiger partial charge on any atom is -0.496 e. The van der Waals surface area contributed by atoms with Gasteiger partial charge in [0, 0.05) is 17.3 Å². The molecule has 0 aliphatic carbocycles. The maximum atomic E-state index is 13.2. The van der Waals surface area contributed by atoms with Gasteiger partial charge in [0.2, 0.25) is 5.91 Å². The van der Waals surface area contributed by atoms with E-state index in [1.54, 1.807) is 30.3 Å². The zero-order valence-electron chi connectivity index (χ0n) is 15.2. The Balaban J connectivity index is 1.73. The van der Waals surface area contributed by atoms with E-state index < -0.39 is 0 Å². The molecule has 27 heavy (non-hydrogen) atoms. The molecule has 0 radical (unpaired) electrons. The number of halogens is 1. The van der Waals surface area contributed by atoms with E-state index in [0.29, 0.717) is 6.54 Å². The van der Waals surface area contributed by atoms with Gasteiger partial charge in [0.1, 0.15) is 11.6 Å². The molecule has 4 rings (SSSR count). The van der Waals surface area contributed by atoms with E-state index in [0.717, 1.165) is 39.4 Å². The van der Waals surface area contributed by atoms with Crippen molar-refractivity contribution < 1.29 is 13.9 Å². The standard InChI is InChI=1S/C22H19FN2O2/c1-14-4-3-5-18(22(14)27-2)16-10-20-19(24-12-16)11-21(26)25(20)13-15-6-8-17(23)9-7-15/h3-10,12H,11,13H2,1-2H3. The summed E-state index contributed by atoms with van der Waals surface area (Å²) in [6.07, 6.45) is 2.06. The van der Waals surface area contributed by atoms with E-state index in [1.807, 2.05) is 31.2 Å². The van der Waals surface area contributed by atoms with Crippen LogP contribution in [-0.2, 0) is 17.8 Å². The Bertz CT molecular complexity index is 1020. The molecule has 5 heteroatoms. The molecule has 136 valence electrons. The number of amides is 1. The van der Waals surface area contributed by atoms with E-state index in [4.69, 9.17) is 4.74 Å². The van der Waals surface area contributed by atoms with Crippen LogP contribution in [-0.4, -0.2) is 18.0 Å². The molecular formula is C22H19FN2O2. The molecule has 0 fully saturated rings. The highest BCUT2D eigenvalue weighted by molar-refractivity contribution is 6.01. The number of benzene rings is 2. The summed E-state index contributed by atoms with van der Waals surface area (Å²) in [4.78, 5) is 18.7. The molecule has 0 saturated carbocycles. The molecule has 4 nitrogen and oxygen atoms in total. The van der Waals surface area contributed by atoms with Crippen molar-refractivity contribution in [1.29, 1.82) is 0 Å². The van der Waals surface area contributed by atoms with E-state index in [2.05, 4.69) is 4.98 Å². The number of ether oxygens (including phenoxy) is 1. The van der Waals surface area contributed by atoms with Crippen LogP contribution in [0.3, 0.4) is 0 Å². The first-order valence-electron chi connectivity index (χ1n) is 8.74. The first kappa shape index (κ1) is 17.2. The maximum Gasteiger partial charge on any atom is 0.233 e. The highest BCUT2D eigenvalue weighted by Crippen LogP contribution is 2.37. The van der Waals surface area contributed by atoms with Crippen LogP contribution in [0, 0.1) is 12.7 Å². The molecule has 0 spiro atoms. The van der Waals surface area contributed by atoms with E-state index in [9.17, 15) is 9.18 Å². The molecule has 0 saturated heterocycles. The third kappa shape index (κ3) is 3.16. The number of methoxy groups -OCH3 is 1. The highest BCUT2D eigenvalue weighted by atomic mass is 19.1. The predicted molar refractivity (Wildman–Crippen MR) is 102 cm³/mol. The van der Waals surface area contributed by atoms with Crippen molar-refractivity contribution in [2.45, 2.75) is 19.9 Å². The Morgan fingerprint density at radius 3 is 2.70 bits per heavy atom. The van der Waals surface area contributed by atoms with Gasteiger partial charge < -0.3 is 9.64 Å². The number of para-hydroxylation sites is 1. The van der Waals surface area contributed by atoms with Gasteiger partial charge in [-0.05, 0) is 36.2 Å². The van der Waals surface area contributed by atoms with Gasteiger partial charge in [-0.25, -0.2) is 4.39 Å². The van der Waals surface area contributed by atoms with Crippen LogP contribution in [0.5, 0.6) is 5.75 Å². The van der Waals surface area contributed by atoms with Crippen LogP contribution in [0.2, 0.25) is 0 Å². The number of fused-ring (bicyclic) bond motifs is 1. The molecule has 0 atom stereocenters. The quantitative estimate of drug-likeness (QED) is 0.695. The molecule has 2 heterocycles. The fraction of sp³-hybridized carbons (Fsp3) is 0.182. The second-order valence-corrected chi connectivity index (χ2v) is 6.63. The molecule has 0 N–H and O–H groups in total. The average Bonchev–Trinajstić information content (AvgIpc) is 2.98. The van der Waals surface area contributed by atoms with Crippen molar-refractivity contribution in [3.8, 4) is 16.9 Å². The summed E-state index contributed by atoms with van der Waals surface area (Å²) in [5, 5.41) is 0. The van der Waals surface area contributed by atoms with E-state index >= 15 is 0 Å². The monoisotopic (exact) mass is 362 g/mol. The maximum absolute atomic E-state index is 13.2. The Morgan fingerprint density at radius 1 is 1.19 bits per heavy atom. The van der Waals surface area contributed by atoms with Gasteiger partial charge in [-0.15, -0.1) is 0 Å². The van der Waals surface area contributed by atoms with E-state index in [-0.39, 0.29) is 18.1 Å². The number of carbonyl (C=O) groups is 1. The fourth-order valence-corrected chi connectivity index (χ4v) is 3.47. The van der Waals surface area contributed by atoms with Crippen molar-refractivity contribution in [3.63, 3.8) is 0 Å². The van der Waals surface area contributed by atoms with Crippen molar-refractivity contribution in [3.05, 3.63) is 77.4 Å². The van der Waals surface area contributed by atoms with Gasteiger partial charge in [-0.2, -0.15) is 0 Å². The normalized spacial score (nSPS) is 13.0. The number of hydrogen-bond acceptors (Lipinski definition) is 3. The molecule has 1 aliphatic rings. The molecule has 0 unspecified atom stereocenters. The number of nitrogens with zero attached hydrogens (tertiary/aromatic N) is 2. The number of carbonyl (C=O) groups excluding carboxylic acids is 1. The van der Waals surface area contributed by atoms with Gasteiger partial charge in [0.15, 0.2) is 0 Å². The molecule has 1 amide bonds. The van der Waals surface area contributed by atoms with Gasteiger partial charge in [0.05, 0.1) is 31.5 Å². The van der Waals surface area contributed by atoms with Crippen molar-refractivity contribution in [2.24, 2.45) is 0 Å². The van der Waals surface area contributed by atoms with Gasteiger partial charge in [0.25, 0.3) is 0 Å². The van der Waals surface area contributed by atoms with Gasteiger partial charge >= 0.3 is 0 Å². The smallest absolute Gasteiger partial charge is 0.233 e. The van der Waals surface area contributed by atoms with Crippen molar-refractivity contribution in [2.75, 3.05) is 12.0 Å². The minimum atomic E-state index is -0.289. The lowest BCUT2D eigenvalue weighted by molar-refractivity contribution is -0.117. The molecule has 1 aliphatic heterocycles. The third-order valence-electron chi connectivity index (χ3n) is 4.84. The van der Waals surface area contributed by atoms with Crippen LogP contribution < -0.4 is 9.64 Å². The van der Waals surface area contributed by atoms with Crippen LogP contribution in [0.4, 0.5) is 10.1 Å². The topological polar surface area (TPSA) is 42.4 Å². The SMILES string of the molecule is COc1c(C)cccc1-c1cnc2c(c1)N(Cc1ccc(F)cc1)C(=O)C2. The number of rotatable bonds is 4. The Labute approximate surface area is 157 Å². The zero-order chi connectivity index (χ0) is 19.0. The zero-order valence-corrected chi connectivity index (χ0v) is 15.2. The van der Waals surface area contributed by atoms with Crippen LogP contribution in [0.15, 0.2) is 54.7 Å².